The minimum absolute atomic E-state index is 0.225. The predicted octanol–water partition coefficient (Wildman–Crippen LogP) is 3.94. The Morgan fingerprint density at radius 1 is 1.45 bits per heavy atom. The van der Waals surface area contributed by atoms with Gasteiger partial charge in [-0.25, -0.2) is 4.39 Å². The number of benzene rings is 1. The number of nitrogens with zero attached hydrogens (tertiary/aromatic N) is 2. The van der Waals surface area contributed by atoms with Gasteiger partial charge >= 0.3 is 0 Å². The van der Waals surface area contributed by atoms with Crippen molar-refractivity contribution in [3.05, 3.63) is 28.5 Å². The van der Waals surface area contributed by atoms with Crippen LogP contribution in [-0.2, 0) is 4.74 Å². The zero-order valence-corrected chi connectivity index (χ0v) is 13.6. The van der Waals surface area contributed by atoms with Crippen molar-refractivity contribution in [2.24, 2.45) is 0 Å². The second-order valence-corrected chi connectivity index (χ2v) is 6.26. The molecule has 0 spiro atoms. The van der Waals surface area contributed by atoms with E-state index in [0.29, 0.717) is 22.3 Å². The lowest BCUT2D eigenvalue weighted by Gasteiger charge is -2.10. The summed E-state index contributed by atoms with van der Waals surface area (Å²) in [5.74, 6) is -0.302. The lowest BCUT2D eigenvalue weighted by Crippen LogP contribution is -2.16. The highest BCUT2D eigenvalue weighted by Crippen LogP contribution is 2.30. The van der Waals surface area contributed by atoms with Crippen molar-refractivity contribution in [1.82, 2.24) is 10.2 Å². The molecule has 7 heteroatoms. The van der Waals surface area contributed by atoms with E-state index in [1.165, 1.54) is 17.4 Å². The molecule has 0 amide bonds. The second kappa shape index (κ2) is 7.10. The maximum Gasteiger partial charge on any atom is 0.206 e. The Hall–Kier alpha value is -1.05. The number of anilines is 1. The zero-order valence-electron chi connectivity index (χ0n) is 11.2. The molecule has 1 unspecified atom stereocenters. The van der Waals surface area contributed by atoms with E-state index in [0.717, 1.165) is 10.9 Å². The van der Waals surface area contributed by atoms with Gasteiger partial charge in [0.1, 0.15) is 5.82 Å². The highest BCUT2D eigenvalue weighted by atomic mass is 79.9. The topological polar surface area (TPSA) is 47.0 Å². The summed E-state index contributed by atoms with van der Waals surface area (Å²) in [6.45, 7) is 2.72. The van der Waals surface area contributed by atoms with Gasteiger partial charge in [0.15, 0.2) is 5.01 Å². The molecule has 0 bridgehead atoms. The van der Waals surface area contributed by atoms with Gasteiger partial charge in [0.25, 0.3) is 0 Å². The molecule has 1 aromatic heterocycles. The van der Waals surface area contributed by atoms with Crippen LogP contribution in [0.4, 0.5) is 9.52 Å². The minimum atomic E-state index is -0.302. The fraction of sp³-hybridized carbons (Fsp3) is 0.385. The van der Waals surface area contributed by atoms with Gasteiger partial charge in [-0.1, -0.05) is 27.3 Å². The van der Waals surface area contributed by atoms with Crippen molar-refractivity contribution >= 4 is 32.4 Å². The highest BCUT2D eigenvalue weighted by molar-refractivity contribution is 9.10. The van der Waals surface area contributed by atoms with Crippen molar-refractivity contribution in [3.8, 4) is 10.6 Å². The molecule has 0 radical (unpaired) electrons. The van der Waals surface area contributed by atoms with Crippen LogP contribution in [0.1, 0.15) is 13.3 Å². The first-order chi connectivity index (χ1) is 9.60. The molecule has 0 aliphatic carbocycles. The highest BCUT2D eigenvalue weighted by Gasteiger charge is 2.13. The van der Waals surface area contributed by atoms with Gasteiger partial charge in [-0.15, -0.1) is 10.2 Å². The lowest BCUT2D eigenvalue weighted by molar-refractivity contribution is 0.191. The second-order valence-electron chi connectivity index (χ2n) is 4.36. The van der Waals surface area contributed by atoms with Crippen molar-refractivity contribution in [2.45, 2.75) is 19.4 Å². The van der Waals surface area contributed by atoms with Gasteiger partial charge in [0.2, 0.25) is 5.13 Å². The smallest absolute Gasteiger partial charge is 0.206 e. The van der Waals surface area contributed by atoms with Crippen molar-refractivity contribution < 1.29 is 9.13 Å². The van der Waals surface area contributed by atoms with E-state index in [1.807, 2.05) is 6.92 Å². The molecular formula is C13H15BrFN3OS. The fourth-order valence-electron chi connectivity index (χ4n) is 1.63. The number of methoxy groups -OCH3 is 1. The summed E-state index contributed by atoms with van der Waals surface area (Å²) < 4.78 is 19.6. The van der Waals surface area contributed by atoms with Crippen molar-refractivity contribution in [1.29, 1.82) is 0 Å². The summed E-state index contributed by atoms with van der Waals surface area (Å²) in [6, 6.07) is 5.00. The molecule has 2 aromatic rings. The van der Waals surface area contributed by atoms with E-state index in [2.05, 4.69) is 31.4 Å². The van der Waals surface area contributed by atoms with Crippen molar-refractivity contribution in [2.75, 3.05) is 19.0 Å². The Balaban J connectivity index is 2.10. The van der Waals surface area contributed by atoms with Crippen LogP contribution in [0.25, 0.3) is 10.6 Å². The molecule has 2 rings (SSSR count). The zero-order chi connectivity index (χ0) is 14.5. The Morgan fingerprint density at radius 2 is 2.25 bits per heavy atom. The number of halogens is 2. The number of hydrogen-bond donors (Lipinski definition) is 1. The maximum absolute atomic E-state index is 13.8. The van der Waals surface area contributed by atoms with E-state index in [9.17, 15) is 4.39 Å². The summed E-state index contributed by atoms with van der Waals surface area (Å²) in [6.07, 6.45) is 0.872. The molecule has 0 saturated carbocycles. The average Bonchev–Trinajstić information content (AvgIpc) is 2.87. The molecule has 108 valence electrons. The third-order valence-corrected chi connectivity index (χ3v) is 4.09. The molecule has 1 N–H and O–H groups in total. The Morgan fingerprint density at radius 3 is 3.00 bits per heavy atom. The number of nitrogens with one attached hydrogen (secondary N) is 1. The molecule has 1 heterocycles. The monoisotopic (exact) mass is 359 g/mol. The molecule has 0 aliphatic rings. The quantitative estimate of drug-likeness (QED) is 0.848. The van der Waals surface area contributed by atoms with Gasteiger partial charge < -0.3 is 10.1 Å². The first-order valence-electron chi connectivity index (χ1n) is 6.14. The first-order valence-corrected chi connectivity index (χ1v) is 7.75. The summed E-state index contributed by atoms with van der Waals surface area (Å²) >= 11 is 4.67. The minimum Gasteiger partial charge on any atom is -0.385 e. The van der Waals surface area contributed by atoms with Crippen LogP contribution in [0.15, 0.2) is 22.7 Å². The normalized spacial score (nSPS) is 12.4. The fourth-order valence-corrected chi connectivity index (χ4v) is 2.86. The van der Waals surface area contributed by atoms with E-state index in [-0.39, 0.29) is 11.9 Å². The molecule has 4 nitrogen and oxygen atoms in total. The third-order valence-electron chi connectivity index (χ3n) is 2.71. The molecule has 1 aromatic carbocycles. The van der Waals surface area contributed by atoms with E-state index < -0.39 is 0 Å². The Bertz CT molecular complexity index is 578. The maximum atomic E-state index is 13.8. The first kappa shape index (κ1) is 15.3. The van der Waals surface area contributed by atoms with Crippen LogP contribution < -0.4 is 5.32 Å². The van der Waals surface area contributed by atoms with Gasteiger partial charge in [-0.2, -0.15) is 0 Å². The molecule has 20 heavy (non-hydrogen) atoms. The van der Waals surface area contributed by atoms with Gasteiger partial charge in [0.05, 0.1) is 0 Å². The molecule has 0 saturated heterocycles. The third kappa shape index (κ3) is 3.97. The summed E-state index contributed by atoms with van der Waals surface area (Å²) in [5, 5.41) is 12.6. The van der Waals surface area contributed by atoms with Crippen LogP contribution in [0.3, 0.4) is 0 Å². The number of ether oxygens (including phenoxy) is 1. The van der Waals surface area contributed by atoms with E-state index >= 15 is 0 Å². The molecule has 0 aliphatic heterocycles. The van der Waals surface area contributed by atoms with Crippen LogP contribution in [0, 0.1) is 5.82 Å². The van der Waals surface area contributed by atoms with Crippen LogP contribution >= 0.6 is 27.3 Å². The van der Waals surface area contributed by atoms with Gasteiger partial charge in [0, 0.05) is 29.8 Å². The molecular weight excluding hydrogens is 345 g/mol. The summed E-state index contributed by atoms with van der Waals surface area (Å²) in [4.78, 5) is 0. The van der Waals surface area contributed by atoms with Gasteiger partial charge in [-0.05, 0) is 31.5 Å². The number of rotatable bonds is 6. The van der Waals surface area contributed by atoms with Crippen LogP contribution in [-0.4, -0.2) is 30.0 Å². The molecule has 1 atom stereocenters. The predicted molar refractivity (Wildman–Crippen MR) is 82.6 cm³/mol. The Kier molecular flexibility index (Phi) is 5.45. The standard InChI is InChI=1S/C13H15BrFN3OS/c1-8(5-6-19-2)16-13-18-17-12(20-13)10-7-9(14)3-4-11(10)15/h3-4,7-8H,5-6H2,1-2H3,(H,16,18). The van der Waals surface area contributed by atoms with Gasteiger partial charge in [-0.3, -0.25) is 0 Å². The largest absolute Gasteiger partial charge is 0.385 e. The van der Waals surface area contributed by atoms with E-state index in [4.69, 9.17) is 4.74 Å². The SMILES string of the molecule is COCCC(C)Nc1nnc(-c2cc(Br)ccc2F)s1. The van der Waals surface area contributed by atoms with Crippen molar-refractivity contribution in [3.63, 3.8) is 0 Å². The van der Waals surface area contributed by atoms with E-state index in [1.54, 1.807) is 19.2 Å². The average molecular weight is 360 g/mol. The lowest BCUT2D eigenvalue weighted by atomic mass is 10.2. The number of aromatic nitrogens is 2. The van der Waals surface area contributed by atoms with Crippen LogP contribution in [0.5, 0.6) is 0 Å². The summed E-state index contributed by atoms with van der Waals surface area (Å²) in [7, 11) is 1.67. The number of hydrogen-bond acceptors (Lipinski definition) is 5. The Labute approximate surface area is 129 Å². The summed E-state index contributed by atoms with van der Waals surface area (Å²) in [5.41, 5.74) is 0.453. The molecule has 0 fully saturated rings. The van der Waals surface area contributed by atoms with Crippen LogP contribution in [0.2, 0.25) is 0 Å².